The average Bonchev–Trinajstić information content (AvgIpc) is 2.56. The molecule has 2 rings (SSSR count). The molecular weight excluding hydrogens is 300 g/mol. The van der Waals surface area contributed by atoms with Gasteiger partial charge in [0.15, 0.2) is 0 Å². The first-order valence-corrected chi connectivity index (χ1v) is 9.48. The Morgan fingerprint density at radius 1 is 1.25 bits per heavy atom. The third-order valence-electron chi connectivity index (χ3n) is 4.52. The summed E-state index contributed by atoms with van der Waals surface area (Å²) in [5, 5.41) is 10.1. The SMILES string of the molecule is CCCCCc1cccc([NH+]=C(O)O[C@H](C)CN2CCCCC2)c1. The quantitative estimate of drug-likeness (QED) is 0.437. The van der Waals surface area contributed by atoms with E-state index in [0.29, 0.717) is 0 Å². The predicted molar refractivity (Wildman–Crippen MR) is 98.8 cm³/mol. The zero-order valence-electron chi connectivity index (χ0n) is 15.3. The van der Waals surface area contributed by atoms with Crippen LogP contribution in [-0.2, 0) is 11.2 Å². The maximum absolute atomic E-state index is 10.1. The fourth-order valence-electron chi connectivity index (χ4n) is 3.27. The summed E-state index contributed by atoms with van der Waals surface area (Å²) in [5.74, 6) is 0. The molecule has 0 bridgehead atoms. The van der Waals surface area contributed by atoms with Crippen LogP contribution in [0.4, 0.5) is 5.69 Å². The van der Waals surface area contributed by atoms with Crippen molar-refractivity contribution in [3.05, 3.63) is 29.8 Å². The van der Waals surface area contributed by atoms with Crippen LogP contribution >= 0.6 is 0 Å². The molecule has 1 aromatic rings. The minimum absolute atomic E-state index is 0.0247. The Morgan fingerprint density at radius 2 is 2.04 bits per heavy atom. The van der Waals surface area contributed by atoms with E-state index in [4.69, 9.17) is 4.74 Å². The van der Waals surface area contributed by atoms with Crippen LogP contribution in [0.15, 0.2) is 24.3 Å². The molecule has 1 saturated heterocycles. The van der Waals surface area contributed by atoms with E-state index in [9.17, 15) is 5.11 Å². The second-order valence-corrected chi connectivity index (χ2v) is 6.88. The fourth-order valence-corrected chi connectivity index (χ4v) is 3.27. The smallest absolute Gasteiger partial charge is 0.430 e. The number of aliphatic hydroxyl groups excluding tert-OH is 1. The molecule has 0 aromatic heterocycles. The molecular formula is C20H33N2O2+. The molecule has 1 aliphatic rings. The first-order valence-electron chi connectivity index (χ1n) is 9.48. The number of hydrogen-bond acceptors (Lipinski definition) is 2. The number of hydrogen-bond donors (Lipinski definition) is 2. The second kappa shape index (κ2) is 10.3. The van der Waals surface area contributed by atoms with Crippen LogP contribution in [0.2, 0.25) is 0 Å². The van der Waals surface area contributed by atoms with Crippen LogP contribution in [0.1, 0.15) is 57.9 Å². The van der Waals surface area contributed by atoms with Crippen molar-refractivity contribution >= 4 is 11.8 Å². The number of piperidine rings is 1. The van der Waals surface area contributed by atoms with Crippen molar-refractivity contribution in [2.24, 2.45) is 0 Å². The first-order chi connectivity index (χ1) is 11.7. The minimum Gasteiger partial charge on any atom is -0.430 e. The molecule has 1 heterocycles. The van der Waals surface area contributed by atoms with E-state index in [1.165, 1.54) is 44.1 Å². The van der Waals surface area contributed by atoms with Crippen LogP contribution in [-0.4, -0.2) is 41.8 Å². The van der Waals surface area contributed by atoms with Gasteiger partial charge in [-0.15, -0.1) is 4.99 Å². The van der Waals surface area contributed by atoms with Gasteiger partial charge in [0.05, 0.1) is 0 Å². The molecule has 1 fully saturated rings. The van der Waals surface area contributed by atoms with E-state index in [1.54, 1.807) is 0 Å². The van der Waals surface area contributed by atoms with E-state index in [-0.39, 0.29) is 12.2 Å². The lowest BCUT2D eigenvalue weighted by atomic mass is 10.1. The van der Waals surface area contributed by atoms with Crippen LogP contribution < -0.4 is 4.99 Å². The normalized spacial score (nSPS) is 17.7. The third-order valence-corrected chi connectivity index (χ3v) is 4.52. The molecule has 134 valence electrons. The molecule has 2 N–H and O–H groups in total. The zero-order valence-corrected chi connectivity index (χ0v) is 15.3. The molecule has 0 radical (unpaired) electrons. The Bertz CT molecular complexity index is 510. The van der Waals surface area contributed by atoms with Crippen molar-refractivity contribution in [1.29, 1.82) is 0 Å². The Labute approximate surface area is 146 Å². The fraction of sp³-hybridized carbons (Fsp3) is 0.650. The highest BCUT2D eigenvalue weighted by Gasteiger charge is 2.17. The van der Waals surface area contributed by atoms with Gasteiger partial charge in [-0.1, -0.05) is 38.3 Å². The van der Waals surface area contributed by atoms with Crippen molar-refractivity contribution in [3.63, 3.8) is 0 Å². The highest BCUT2D eigenvalue weighted by atomic mass is 16.6. The number of likely N-dealkylation sites (tertiary alicyclic amines) is 1. The first kappa shape index (κ1) is 18.8. The van der Waals surface area contributed by atoms with Gasteiger partial charge >= 0.3 is 6.08 Å². The van der Waals surface area contributed by atoms with Gasteiger partial charge in [-0.05, 0) is 51.3 Å². The predicted octanol–water partition coefficient (Wildman–Crippen LogP) is 2.94. The summed E-state index contributed by atoms with van der Waals surface area (Å²) in [5.41, 5.74) is 2.18. The summed E-state index contributed by atoms with van der Waals surface area (Å²) in [6.07, 6.45) is 8.51. The van der Waals surface area contributed by atoms with Gasteiger partial charge in [0.2, 0.25) is 5.69 Å². The molecule has 4 nitrogen and oxygen atoms in total. The number of rotatable bonds is 8. The van der Waals surface area contributed by atoms with Crippen LogP contribution in [0.25, 0.3) is 0 Å². The van der Waals surface area contributed by atoms with Crippen LogP contribution in [0.5, 0.6) is 0 Å². The Balaban J connectivity index is 1.83. The van der Waals surface area contributed by atoms with Crippen molar-refractivity contribution in [3.8, 4) is 0 Å². The topological polar surface area (TPSA) is 46.7 Å². The molecule has 1 aromatic carbocycles. The highest BCUT2D eigenvalue weighted by Crippen LogP contribution is 2.11. The lowest BCUT2D eigenvalue weighted by Gasteiger charge is -2.28. The zero-order chi connectivity index (χ0) is 17.2. The van der Waals surface area contributed by atoms with E-state index in [2.05, 4.69) is 28.9 Å². The van der Waals surface area contributed by atoms with Crippen molar-refractivity contribution in [2.45, 2.75) is 64.9 Å². The number of unbranched alkanes of at least 4 members (excludes halogenated alkanes) is 2. The van der Waals surface area contributed by atoms with Crippen LogP contribution in [0, 0.1) is 0 Å². The summed E-state index contributed by atoms with van der Waals surface area (Å²) in [7, 11) is 0. The molecule has 24 heavy (non-hydrogen) atoms. The highest BCUT2D eigenvalue weighted by molar-refractivity contribution is 5.59. The summed E-state index contributed by atoms with van der Waals surface area (Å²) in [6, 6.07) is 8.20. The second-order valence-electron chi connectivity index (χ2n) is 6.88. The number of nitrogens with zero attached hydrogens (tertiary/aromatic N) is 1. The number of nitrogens with one attached hydrogen (secondary N) is 1. The van der Waals surface area contributed by atoms with Crippen molar-refractivity contribution in [2.75, 3.05) is 19.6 Å². The Kier molecular flexibility index (Phi) is 8.10. The standard InChI is InChI=1S/C20H32N2O2/c1-3-4-6-10-18-11-9-12-19(15-18)21-20(23)24-17(2)16-22-13-7-5-8-14-22/h9,11-12,15,17H,3-8,10,13-14,16H2,1-2H3,(H,21,23)/p+1/t17-/m1/s1. The molecule has 0 spiro atoms. The van der Waals surface area contributed by atoms with Gasteiger partial charge < -0.3 is 9.84 Å². The lowest BCUT2D eigenvalue weighted by molar-refractivity contribution is -0.383. The minimum atomic E-state index is -0.106. The molecule has 1 aliphatic heterocycles. The summed E-state index contributed by atoms with van der Waals surface area (Å²) in [6.45, 7) is 7.37. The molecule has 1 atom stereocenters. The van der Waals surface area contributed by atoms with Crippen molar-refractivity contribution in [1.82, 2.24) is 4.90 Å². The van der Waals surface area contributed by atoms with Gasteiger partial charge in [-0.3, -0.25) is 4.90 Å². The van der Waals surface area contributed by atoms with Gasteiger partial charge in [-0.2, -0.15) is 0 Å². The largest absolute Gasteiger partial charge is 0.551 e. The summed E-state index contributed by atoms with van der Waals surface area (Å²) < 4.78 is 5.61. The van der Waals surface area contributed by atoms with E-state index < -0.39 is 0 Å². The molecule has 0 unspecified atom stereocenters. The van der Waals surface area contributed by atoms with Crippen LogP contribution in [0.3, 0.4) is 0 Å². The number of benzene rings is 1. The van der Waals surface area contributed by atoms with Gasteiger partial charge in [0.25, 0.3) is 0 Å². The molecule has 0 amide bonds. The van der Waals surface area contributed by atoms with Crippen molar-refractivity contribution < 1.29 is 14.8 Å². The Hall–Kier alpha value is -1.55. The lowest BCUT2D eigenvalue weighted by Crippen LogP contribution is -2.67. The Morgan fingerprint density at radius 3 is 2.79 bits per heavy atom. The molecule has 0 saturated carbocycles. The van der Waals surface area contributed by atoms with Gasteiger partial charge in [0.1, 0.15) is 6.10 Å². The van der Waals surface area contributed by atoms with E-state index in [0.717, 1.165) is 31.7 Å². The number of aryl methyl sites for hydroxylation is 1. The summed E-state index contributed by atoms with van der Waals surface area (Å²) in [4.78, 5) is 5.38. The van der Waals surface area contributed by atoms with Gasteiger partial charge in [0, 0.05) is 18.7 Å². The molecule has 4 heteroatoms. The molecule has 0 aliphatic carbocycles. The van der Waals surface area contributed by atoms with E-state index >= 15 is 0 Å². The van der Waals surface area contributed by atoms with Gasteiger partial charge in [-0.25, -0.2) is 0 Å². The average molecular weight is 333 g/mol. The monoisotopic (exact) mass is 333 g/mol. The third kappa shape index (κ3) is 6.91. The summed E-state index contributed by atoms with van der Waals surface area (Å²) >= 11 is 0. The number of ether oxygens (including phenoxy) is 1. The maximum atomic E-state index is 10.1. The maximum Gasteiger partial charge on any atom is 0.551 e. The number of aliphatic hydroxyl groups is 1. The van der Waals surface area contributed by atoms with E-state index in [1.807, 2.05) is 19.1 Å².